The average Bonchev–Trinajstić information content (AvgIpc) is 2.30. The SMILES string of the molecule is CCOC(=O)c1ccc(F)c2c1CNCC2. The number of fused-ring (bicyclic) bond motifs is 1. The lowest BCUT2D eigenvalue weighted by Gasteiger charge is -2.20. The van der Waals surface area contributed by atoms with E-state index in [1.165, 1.54) is 12.1 Å². The van der Waals surface area contributed by atoms with Crippen molar-refractivity contribution in [1.82, 2.24) is 5.32 Å². The van der Waals surface area contributed by atoms with E-state index in [1.54, 1.807) is 6.92 Å². The summed E-state index contributed by atoms with van der Waals surface area (Å²) in [6, 6.07) is 2.84. The van der Waals surface area contributed by atoms with Gasteiger partial charge in [0, 0.05) is 6.54 Å². The smallest absolute Gasteiger partial charge is 0.338 e. The lowest BCUT2D eigenvalue weighted by atomic mass is 9.95. The van der Waals surface area contributed by atoms with Crippen molar-refractivity contribution < 1.29 is 13.9 Å². The van der Waals surface area contributed by atoms with Gasteiger partial charge in [0.1, 0.15) is 5.82 Å². The van der Waals surface area contributed by atoms with Gasteiger partial charge in [-0.2, -0.15) is 0 Å². The maximum Gasteiger partial charge on any atom is 0.338 e. The average molecular weight is 223 g/mol. The molecule has 0 radical (unpaired) electrons. The molecule has 1 heterocycles. The predicted octanol–water partition coefficient (Wildman–Crippen LogP) is 1.65. The highest BCUT2D eigenvalue weighted by molar-refractivity contribution is 5.91. The second kappa shape index (κ2) is 4.61. The minimum absolute atomic E-state index is 0.232. The normalized spacial score (nSPS) is 14.4. The van der Waals surface area contributed by atoms with Gasteiger partial charge in [-0.25, -0.2) is 9.18 Å². The van der Waals surface area contributed by atoms with E-state index >= 15 is 0 Å². The third kappa shape index (κ3) is 1.93. The first-order valence-corrected chi connectivity index (χ1v) is 5.42. The molecule has 0 aromatic heterocycles. The monoisotopic (exact) mass is 223 g/mol. The van der Waals surface area contributed by atoms with Gasteiger partial charge in [0.2, 0.25) is 0 Å². The van der Waals surface area contributed by atoms with Crippen molar-refractivity contribution in [3.05, 3.63) is 34.6 Å². The van der Waals surface area contributed by atoms with E-state index in [1.807, 2.05) is 0 Å². The Morgan fingerprint density at radius 3 is 3.06 bits per heavy atom. The summed E-state index contributed by atoms with van der Waals surface area (Å²) in [5.74, 6) is -0.605. The summed E-state index contributed by atoms with van der Waals surface area (Å²) in [6.07, 6.45) is 0.619. The topological polar surface area (TPSA) is 38.3 Å². The Kier molecular flexibility index (Phi) is 3.19. The van der Waals surface area contributed by atoms with Crippen molar-refractivity contribution in [2.24, 2.45) is 0 Å². The molecule has 0 unspecified atom stereocenters. The van der Waals surface area contributed by atoms with Crippen LogP contribution in [0.4, 0.5) is 4.39 Å². The fourth-order valence-corrected chi connectivity index (χ4v) is 1.96. The molecule has 1 N–H and O–H groups in total. The van der Waals surface area contributed by atoms with Crippen molar-refractivity contribution in [3.8, 4) is 0 Å². The molecule has 86 valence electrons. The Bertz CT molecular complexity index is 418. The molecule has 16 heavy (non-hydrogen) atoms. The Morgan fingerprint density at radius 2 is 2.31 bits per heavy atom. The van der Waals surface area contributed by atoms with Crippen LogP contribution < -0.4 is 5.32 Å². The van der Waals surface area contributed by atoms with E-state index in [4.69, 9.17) is 4.74 Å². The van der Waals surface area contributed by atoms with Gasteiger partial charge in [-0.3, -0.25) is 0 Å². The first kappa shape index (κ1) is 11.1. The quantitative estimate of drug-likeness (QED) is 0.775. The molecule has 0 fully saturated rings. The van der Waals surface area contributed by atoms with E-state index < -0.39 is 0 Å². The first-order valence-electron chi connectivity index (χ1n) is 5.42. The van der Waals surface area contributed by atoms with E-state index in [0.29, 0.717) is 30.7 Å². The minimum atomic E-state index is -0.373. The number of esters is 1. The zero-order valence-electron chi connectivity index (χ0n) is 9.18. The predicted molar refractivity (Wildman–Crippen MR) is 57.8 cm³/mol. The summed E-state index contributed by atoms with van der Waals surface area (Å²) in [7, 11) is 0. The van der Waals surface area contributed by atoms with Gasteiger partial charge >= 0.3 is 5.97 Å². The molecular weight excluding hydrogens is 209 g/mol. The van der Waals surface area contributed by atoms with Gasteiger partial charge in [-0.15, -0.1) is 0 Å². The van der Waals surface area contributed by atoms with E-state index in [-0.39, 0.29) is 11.8 Å². The molecule has 2 rings (SSSR count). The highest BCUT2D eigenvalue weighted by Crippen LogP contribution is 2.22. The highest BCUT2D eigenvalue weighted by Gasteiger charge is 2.21. The zero-order valence-corrected chi connectivity index (χ0v) is 9.18. The van der Waals surface area contributed by atoms with Crippen molar-refractivity contribution in [2.45, 2.75) is 19.9 Å². The van der Waals surface area contributed by atoms with E-state index in [2.05, 4.69) is 5.32 Å². The number of benzene rings is 1. The zero-order chi connectivity index (χ0) is 11.5. The van der Waals surface area contributed by atoms with Crippen molar-refractivity contribution >= 4 is 5.97 Å². The number of hydrogen-bond acceptors (Lipinski definition) is 3. The van der Waals surface area contributed by atoms with Crippen LogP contribution in [0.15, 0.2) is 12.1 Å². The van der Waals surface area contributed by atoms with Crippen LogP contribution in [0.2, 0.25) is 0 Å². The summed E-state index contributed by atoms with van der Waals surface area (Å²) < 4.78 is 18.5. The second-order valence-electron chi connectivity index (χ2n) is 3.70. The van der Waals surface area contributed by atoms with Crippen LogP contribution in [-0.4, -0.2) is 19.1 Å². The van der Waals surface area contributed by atoms with Crippen LogP contribution in [0, 0.1) is 5.82 Å². The molecule has 3 nitrogen and oxygen atoms in total. The summed E-state index contributed by atoms with van der Waals surface area (Å²) in [4.78, 5) is 11.7. The third-order valence-corrected chi connectivity index (χ3v) is 2.72. The maximum absolute atomic E-state index is 13.5. The summed E-state index contributed by atoms with van der Waals surface area (Å²) >= 11 is 0. The van der Waals surface area contributed by atoms with Gasteiger partial charge in [0.05, 0.1) is 12.2 Å². The van der Waals surface area contributed by atoms with Crippen LogP contribution in [0.1, 0.15) is 28.4 Å². The molecule has 0 saturated heterocycles. The van der Waals surface area contributed by atoms with Gasteiger partial charge < -0.3 is 10.1 Å². The molecule has 1 aliphatic rings. The molecule has 0 spiro atoms. The number of nitrogens with one attached hydrogen (secondary N) is 1. The highest BCUT2D eigenvalue weighted by atomic mass is 19.1. The van der Waals surface area contributed by atoms with Crippen molar-refractivity contribution in [3.63, 3.8) is 0 Å². The molecule has 0 bridgehead atoms. The molecule has 1 aromatic rings. The number of halogens is 1. The molecule has 1 aromatic carbocycles. The Balaban J connectivity index is 2.42. The first-order chi connectivity index (χ1) is 7.74. The molecule has 4 heteroatoms. The largest absolute Gasteiger partial charge is 0.462 e. The van der Waals surface area contributed by atoms with Gasteiger partial charge in [-0.1, -0.05) is 0 Å². The van der Waals surface area contributed by atoms with Crippen LogP contribution in [0.25, 0.3) is 0 Å². The number of rotatable bonds is 2. The Labute approximate surface area is 93.6 Å². The van der Waals surface area contributed by atoms with Gasteiger partial charge in [0.25, 0.3) is 0 Å². The van der Waals surface area contributed by atoms with Crippen molar-refractivity contribution in [1.29, 1.82) is 0 Å². The van der Waals surface area contributed by atoms with Crippen LogP contribution >= 0.6 is 0 Å². The fourth-order valence-electron chi connectivity index (χ4n) is 1.96. The van der Waals surface area contributed by atoms with Gasteiger partial charge in [-0.05, 0) is 43.1 Å². The van der Waals surface area contributed by atoms with Crippen molar-refractivity contribution in [2.75, 3.05) is 13.2 Å². The van der Waals surface area contributed by atoms with E-state index in [0.717, 1.165) is 12.1 Å². The Hall–Kier alpha value is -1.42. The number of carbonyl (C=O) groups is 1. The standard InChI is InChI=1S/C12H14FNO2/c1-2-16-12(15)9-3-4-11(13)8-5-6-14-7-10(8)9/h3-4,14H,2,5-7H2,1H3. The fraction of sp³-hybridized carbons (Fsp3) is 0.417. The minimum Gasteiger partial charge on any atom is -0.462 e. The van der Waals surface area contributed by atoms with Crippen LogP contribution in [0.5, 0.6) is 0 Å². The number of ether oxygens (including phenoxy) is 1. The van der Waals surface area contributed by atoms with Gasteiger partial charge in [0.15, 0.2) is 0 Å². The van der Waals surface area contributed by atoms with E-state index in [9.17, 15) is 9.18 Å². The Morgan fingerprint density at radius 1 is 1.50 bits per heavy atom. The summed E-state index contributed by atoms with van der Waals surface area (Å²) in [5.41, 5.74) is 1.86. The lowest BCUT2D eigenvalue weighted by Crippen LogP contribution is -2.27. The van der Waals surface area contributed by atoms with Crippen LogP contribution in [0.3, 0.4) is 0 Å². The molecule has 0 aliphatic carbocycles. The second-order valence-corrected chi connectivity index (χ2v) is 3.70. The number of carbonyl (C=O) groups excluding carboxylic acids is 1. The maximum atomic E-state index is 13.5. The number of hydrogen-bond donors (Lipinski definition) is 1. The summed E-state index contributed by atoms with van der Waals surface area (Å²) in [5, 5.41) is 3.13. The third-order valence-electron chi connectivity index (χ3n) is 2.72. The summed E-state index contributed by atoms with van der Waals surface area (Å²) in [6.45, 7) is 3.36. The molecule has 0 atom stereocenters. The lowest BCUT2D eigenvalue weighted by molar-refractivity contribution is 0.0524. The van der Waals surface area contributed by atoms with Crippen LogP contribution in [-0.2, 0) is 17.7 Å². The molecule has 0 amide bonds. The molecular formula is C12H14FNO2. The molecule has 1 aliphatic heterocycles. The molecule has 0 saturated carbocycles.